The summed E-state index contributed by atoms with van der Waals surface area (Å²) < 4.78 is 5.74. The minimum absolute atomic E-state index is 0.404. The van der Waals surface area contributed by atoms with E-state index in [0.29, 0.717) is 6.10 Å². The van der Waals surface area contributed by atoms with Gasteiger partial charge in [0.05, 0.1) is 12.7 Å². The van der Waals surface area contributed by atoms with Crippen molar-refractivity contribution in [2.75, 3.05) is 39.3 Å². The van der Waals surface area contributed by atoms with Gasteiger partial charge in [0.1, 0.15) is 0 Å². The van der Waals surface area contributed by atoms with Crippen LogP contribution in [0, 0.1) is 0 Å². The minimum Gasteiger partial charge on any atom is -0.374 e. The maximum absolute atomic E-state index is 5.74. The van der Waals surface area contributed by atoms with Gasteiger partial charge in [0, 0.05) is 43.2 Å². The highest BCUT2D eigenvalue weighted by atomic mass is 32.2. The highest BCUT2D eigenvalue weighted by Crippen LogP contribution is 2.24. The first-order valence-corrected chi connectivity index (χ1v) is 6.88. The Hall–Kier alpha value is 0.230. The lowest BCUT2D eigenvalue weighted by atomic mass is 10.2. The molecule has 0 radical (unpaired) electrons. The number of hydrogen-bond donors (Lipinski definition) is 1. The molecule has 0 aromatic heterocycles. The molecule has 3 atom stereocenters. The van der Waals surface area contributed by atoms with Gasteiger partial charge in [0.2, 0.25) is 0 Å². The Kier molecular flexibility index (Phi) is 4.31. The summed E-state index contributed by atoms with van der Waals surface area (Å²) in [6.45, 7) is 11.1. The van der Waals surface area contributed by atoms with Gasteiger partial charge in [-0.2, -0.15) is 11.8 Å². The van der Waals surface area contributed by atoms with Crippen LogP contribution in [0.3, 0.4) is 0 Å². The molecule has 1 N–H and O–H groups in total. The van der Waals surface area contributed by atoms with Gasteiger partial charge in [0.25, 0.3) is 0 Å². The van der Waals surface area contributed by atoms with Crippen molar-refractivity contribution >= 4 is 11.8 Å². The summed E-state index contributed by atoms with van der Waals surface area (Å²) in [6.07, 6.45) is 0.404. The van der Waals surface area contributed by atoms with E-state index in [-0.39, 0.29) is 0 Å². The summed E-state index contributed by atoms with van der Waals surface area (Å²) in [6, 6.07) is 0. The number of thioether (sulfide) groups is 1. The Morgan fingerprint density at radius 1 is 1.33 bits per heavy atom. The predicted octanol–water partition coefficient (Wildman–Crippen LogP) is 0.801. The Bertz CT molecular complexity index is 187. The van der Waals surface area contributed by atoms with Crippen molar-refractivity contribution in [2.45, 2.75) is 30.5 Å². The molecule has 0 aliphatic carbocycles. The predicted molar refractivity (Wildman–Crippen MR) is 65.6 cm³/mol. The Balaban J connectivity index is 1.77. The summed E-state index contributed by atoms with van der Waals surface area (Å²) in [5.41, 5.74) is 0. The van der Waals surface area contributed by atoms with E-state index in [1.54, 1.807) is 0 Å². The third-order valence-electron chi connectivity index (χ3n) is 2.96. The van der Waals surface area contributed by atoms with Crippen LogP contribution in [-0.4, -0.2) is 60.8 Å². The smallest absolute Gasteiger partial charge is 0.0826 e. The lowest BCUT2D eigenvalue weighted by molar-refractivity contribution is 0.00534. The molecule has 3 unspecified atom stereocenters. The second kappa shape index (κ2) is 5.53. The van der Waals surface area contributed by atoms with Gasteiger partial charge in [-0.1, -0.05) is 13.8 Å². The molecule has 4 heteroatoms. The van der Waals surface area contributed by atoms with Gasteiger partial charge >= 0.3 is 0 Å². The number of hydrogen-bond acceptors (Lipinski definition) is 4. The normalized spacial score (nSPS) is 39.2. The molecule has 3 nitrogen and oxygen atoms in total. The molecular formula is C11H22N2OS. The molecule has 2 rings (SSSR count). The van der Waals surface area contributed by atoms with Gasteiger partial charge < -0.3 is 10.1 Å². The molecule has 0 spiro atoms. The van der Waals surface area contributed by atoms with E-state index in [1.165, 1.54) is 13.1 Å². The van der Waals surface area contributed by atoms with Crippen molar-refractivity contribution in [1.82, 2.24) is 10.2 Å². The van der Waals surface area contributed by atoms with Crippen LogP contribution < -0.4 is 5.32 Å². The van der Waals surface area contributed by atoms with Crippen LogP contribution in [0.1, 0.15) is 13.8 Å². The van der Waals surface area contributed by atoms with Gasteiger partial charge in [-0.15, -0.1) is 0 Å². The first-order valence-electron chi connectivity index (χ1n) is 5.94. The van der Waals surface area contributed by atoms with Gasteiger partial charge in [0.15, 0.2) is 0 Å². The number of nitrogens with zero attached hydrogens (tertiary/aromatic N) is 1. The van der Waals surface area contributed by atoms with Crippen molar-refractivity contribution < 1.29 is 4.74 Å². The van der Waals surface area contributed by atoms with E-state index < -0.39 is 0 Å². The van der Waals surface area contributed by atoms with Crippen molar-refractivity contribution in [3.8, 4) is 0 Å². The fourth-order valence-electron chi connectivity index (χ4n) is 2.46. The average Bonchev–Trinajstić information content (AvgIpc) is 2.17. The standard InChI is InChI=1S/C11H22N2OS/c1-9-6-13(7-10(2)15-9)8-11-5-12-3-4-14-11/h9-12H,3-8H2,1-2H3. The van der Waals surface area contributed by atoms with Crippen molar-refractivity contribution in [1.29, 1.82) is 0 Å². The fraction of sp³-hybridized carbons (Fsp3) is 1.00. The van der Waals surface area contributed by atoms with E-state index in [1.807, 2.05) is 0 Å². The Labute approximate surface area is 96.9 Å². The third kappa shape index (κ3) is 3.63. The molecular weight excluding hydrogens is 208 g/mol. The van der Waals surface area contributed by atoms with Crippen molar-refractivity contribution in [2.24, 2.45) is 0 Å². The topological polar surface area (TPSA) is 24.5 Å². The zero-order valence-corrected chi connectivity index (χ0v) is 10.6. The first kappa shape index (κ1) is 11.7. The Morgan fingerprint density at radius 3 is 2.67 bits per heavy atom. The van der Waals surface area contributed by atoms with Crippen molar-refractivity contribution in [3.05, 3.63) is 0 Å². The maximum Gasteiger partial charge on any atom is 0.0826 e. The molecule has 88 valence electrons. The molecule has 2 aliphatic rings. The Morgan fingerprint density at radius 2 is 2.07 bits per heavy atom. The molecule has 0 aromatic rings. The molecule has 0 aromatic carbocycles. The first-order chi connectivity index (χ1) is 7.24. The van der Waals surface area contributed by atoms with Gasteiger partial charge in [-0.05, 0) is 0 Å². The third-order valence-corrected chi connectivity index (χ3v) is 4.19. The zero-order chi connectivity index (χ0) is 10.7. The number of morpholine rings is 1. The second-order valence-electron chi connectivity index (χ2n) is 4.67. The largest absolute Gasteiger partial charge is 0.374 e. The van der Waals surface area contributed by atoms with Crippen LogP contribution in [-0.2, 0) is 4.74 Å². The fourth-order valence-corrected chi connectivity index (χ4v) is 3.85. The number of ether oxygens (including phenoxy) is 1. The van der Waals surface area contributed by atoms with E-state index in [0.717, 1.165) is 36.7 Å². The van der Waals surface area contributed by atoms with Gasteiger partial charge in [-0.3, -0.25) is 4.90 Å². The monoisotopic (exact) mass is 230 g/mol. The molecule has 2 fully saturated rings. The lowest BCUT2D eigenvalue weighted by Crippen LogP contribution is -2.49. The molecule has 2 saturated heterocycles. The SMILES string of the molecule is CC1CN(CC2CNCCO2)CC(C)S1. The maximum atomic E-state index is 5.74. The molecule has 15 heavy (non-hydrogen) atoms. The van der Waals surface area contributed by atoms with E-state index in [2.05, 4.69) is 35.8 Å². The van der Waals surface area contributed by atoms with E-state index in [9.17, 15) is 0 Å². The highest BCUT2D eigenvalue weighted by Gasteiger charge is 2.25. The van der Waals surface area contributed by atoms with Crippen molar-refractivity contribution in [3.63, 3.8) is 0 Å². The van der Waals surface area contributed by atoms with Crippen LogP contribution in [0.4, 0.5) is 0 Å². The van der Waals surface area contributed by atoms with Crippen LogP contribution >= 0.6 is 11.8 Å². The minimum atomic E-state index is 0.404. The summed E-state index contributed by atoms with van der Waals surface area (Å²) >= 11 is 2.11. The molecule has 0 amide bonds. The molecule has 0 bridgehead atoms. The van der Waals surface area contributed by atoms with Crippen LogP contribution in [0.15, 0.2) is 0 Å². The van der Waals surface area contributed by atoms with E-state index >= 15 is 0 Å². The summed E-state index contributed by atoms with van der Waals surface area (Å²) in [5, 5.41) is 4.93. The average molecular weight is 230 g/mol. The van der Waals surface area contributed by atoms with E-state index in [4.69, 9.17) is 4.74 Å². The van der Waals surface area contributed by atoms with Crippen LogP contribution in [0.2, 0.25) is 0 Å². The molecule has 2 aliphatic heterocycles. The number of nitrogens with one attached hydrogen (secondary N) is 1. The summed E-state index contributed by atoms with van der Waals surface area (Å²) in [5.74, 6) is 0. The number of rotatable bonds is 2. The summed E-state index contributed by atoms with van der Waals surface area (Å²) in [7, 11) is 0. The second-order valence-corrected chi connectivity index (χ2v) is 6.55. The molecule has 0 saturated carbocycles. The van der Waals surface area contributed by atoms with Crippen LogP contribution in [0.25, 0.3) is 0 Å². The quantitative estimate of drug-likeness (QED) is 0.758. The lowest BCUT2D eigenvalue weighted by Gasteiger charge is -2.37. The summed E-state index contributed by atoms with van der Waals surface area (Å²) in [4.78, 5) is 2.56. The van der Waals surface area contributed by atoms with Crippen LogP contribution in [0.5, 0.6) is 0 Å². The zero-order valence-electron chi connectivity index (χ0n) is 9.74. The molecule has 2 heterocycles. The van der Waals surface area contributed by atoms with Gasteiger partial charge in [-0.25, -0.2) is 0 Å². The highest BCUT2D eigenvalue weighted by molar-refractivity contribution is 8.00.